The highest BCUT2D eigenvalue weighted by molar-refractivity contribution is 6.35. The van der Waals surface area contributed by atoms with E-state index in [-0.39, 0.29) is 0 Å². The number of halogens is 2. The van der Waals surface area contributed by atoms with Crippen LogP contribution in [0.2, 0.25) is 10.0 Å². The summed E-state index contributed by atoms with van der Waals surface area (Å²) in [7, 11) is 0. The molecule has 0 amide bonds. The van der Waals surface area contributed by atoms with Crippen molar-refractivity contribution in [2.75, 3.05) is 26.3 Å². The largest absolute Gasteiger partial charge is 0.381 e. The van der Waals surface area contributed by atoms with Crippen molar-refractivity contribution in [3.63, 3.8) is 0 Å². The van der Waals surface area contributed by atoms with Gasteiger partial charge in [0, 0.05) is 23.2 Å². The molecule has 1 unspecified atom stereocenters. The number of benzene rings is 1. The van der Waals surface area contributed by atoms with Crippen LogP contribution >= 0.6 is 23.2 Å². The zero-order chi connectivity index (χ0) is 12.1. The lowest BCUT2D eigenvalue weighted by Crippen LogP contribution is -2.25. The summed E-state index contributed by atoms with van der Waals surface area (Å²) in [6.45, 7) is 3.78. The van der Waals surface area contributed by atoms with Crippen molar-refractivity contribution in [2.24, 2.45) is 5.92 Å². The van der Waals surface area contributed by atoms with Crippen LogP contribution in [0.4, 0.5) is 0 Å². The highest BCUT2D eigenvalue weighted by Crippen LogP contribution is 2.21. The molecule has 1 aromatic rings. The van der Waals surface area contributed by atoms with E-state index in [0.717, 1.165) is 43.3 Å². The van der Waals surface area contributed by atoms with Crippen LogP contribution in [0.5, 0.6) is 0 Å². The van der Waals surface area contributed by atoms with Crippen molar-refractivity contribution in [3.8, 4) is 0 Å². The quantitative estimate of drug-likeness (QED) is 0.833. The van der Waals surface area contributed by atoms with Crippen molar-refractivity contribution >= 4 is 23.2 Å². The fourth-order valence-corrected chi connectivity index (χ4v) is 2.50. The van der Waals surface area contributed by atoms with Gasteiger partial charge in [-0.25, -0.2) is 0 Å². The van der Waals surface area contributed by atoms with Crippen molar-refractivity contribution in [1.82, 2.24) is 5.32 Å². The van der Waals surface area contributed by atoms with E-state index in [4.69, 9.17) is 27.9 Å². The summed E-state index contributed by atoms with van der Waals surface area (Å²) in [4.78, 5) is 0. The Morgan fingerprint density at radius 1 is 1.35 bits per heavy atom. The first-order valence-corrected chi connectivity index (χ1v) is 6.73. The maximum absolute atomic E-state index is 6.10. The summed E-state index contributed by atoms with van der Waals surface area (Å²) in [5.74, 6) is 0.677. The summed E-state index contributed by atoms with van der Waals surface area (Å²) in [6.07, 6.45) is 2.11. The van der Waals surface area contributed by atoms with Crippen LogP contribution in [0.3, 0.4) is 0 Å². The fraction of sp³-hybridized carbons (Fsp3) is 0.538. The second kappa shape index (κ2) is 6.60. The number of nitrogens with one attached hydrogen (secondary N) is 1. The second-order valence-corrected chi connectivity index (χ2v) is 5.26. The average molecular weight is 274 g/mol. The van der Waals surface area contributed by atoms with Crippen molar-refractivity contribution in [1.29, 1.82) is 0 Å². The van der Waals surface area contributed by atoms with Gasteiger partial charge in [-0.15, -0.1) is 0 Å². The molecule has 4 heteroatoms. The molecule has 0 saturated carbocycles. The lowest BCUT2D eigenvalue weighted by Gasteiger charge is -2.10. The third-order valence-electron chi connectivity index (χ3n) is 3.04. The van der Waals surface area contributed by atoms with Crippen LogP contribution in [0.15, 0.2) is 18.2 Å². The van der Waals surface area contributed by atoms with Gasteiger partial charge < -0.3 is 10.1 Å². The Morgan fingerprint density at radius 2 is 2.24 bits per heavy atom. The highest BCUT2D eigenvalue weighted by Gasteiger charge is 2.14. The van der Waals surface area contributed by atoms with E-state index in [1.54, 1.807) is 6.07 Å². The summed E-state index contributed by atoms with van der Waals surface area (Å²) in [6, 6.07) is 5.67. The average Bonchev–Trinajstić information content (AvgIpc) is 2.79. The molecule has 94 valence electrons. The van der Waals surface area contributed by atoms with Crippen LogP contribution in [-0.2, 0) is 11.2 Å². The molecule has 1 aliphatic heterocycles. The summed E-state index contributed by atoms with van der Waals surface area (Å²) >= 11 is 12.0. The van der Waals surface area contributed by atoms with Gasteiger partial charge >= 0.3 is 0 Å². The third kappa shape index (κ3) is 4.14. The summed E-state index contributed by atoms with van der Waals surface area (Å²) in [5, 5.41) is 4.89. The lowest BCUT2D eigenvalue weighted by molar-refractivity contribution is 0.185. The van der Waals surface area contributed by atoms with E-state index in [0.29, 0.717) is 10.9 Å². The molecular formula is C13H17Cl2NO. The summed E-state index contributed by atoms with van der Waals surface area (Å²) in [5.41, 5.74) is 1.14. The third-order valence-corrected chi connectivity index (χ3v) is 3.63. The molecule has 0 aliphatic carbocycles. The van der Waals surface area contributed by atoms with Gasteiger partial charge in [-0.1, -0.05) is 29.3 Å². The minimum absolute atomic E-state index is 0.677. The Morgan fingerprint density at radius 3 is 2.94 bits per heavy atom. The van der Waals surface area contributed by atoms with E-state index in [1.165, 1.54) is 6.42 Å². The first-order chi connectivity index (χ1) is 8.25. The first-order valence-electron chi connectivity index (χ1n) is 5.98. The molecular weight excluding hydrogens is 257 g/mol. The molecule has 2 rings (SSSR count). The van der Waals surface area contributed by atoms with Crippen LogP contribution in [0, 0.1) is 5.92 Å². The Hall–Kier alpha value is -0.280. The molecule has 1 aromatic carbocycles. The maximum Gasteiger partial charge on any atom is 0.0507 e. The molecule has 1 saturated heterocycles. The molecule has 0 spiro atoms. The Balaban J connectivity index is 1.70. The SMILES string of the molecule is Clc1ccc(CCNCC2CCOC2)c(Cl)c1. The monoisotopic (exact) mass is 273 g/mol. The molecule has 1 N–H and O–H groups in total. The van der Waals surface area contributed by atoms with Crippen molar-refractivity contribution in [3.05, 3.63) is 33.8 Å². The fourth-order valence-electron chi connectivity index (χ4n) is 2.00. The number of hydrogen-bond acceptors (Lipinski definition) is 2. The molecule has 1 heterocycles. The van der Waals surface area contributed by atoms with Gasteiger partial charge in [0.1, 0.15) is 0 Å². The van der Waals surface area contributed by atoms with E-state index in [1.807, 2.05) is 12.1 Å². The zero-order valence-corrected chi connectivity index (χ0v) is 11.2. The topological polar surface area (TPSA) is 21.3 Å². The van der Waals surface area contributed by atoms with Gasteiger partial charge in [-0.05, 0) is 43.0 Å². The summed E-state index contributed by atoms with van der Waals surface area (Å²) < 4.78 is 5.33. The molecule has 0 bridgehead atoms. The minimum atomic E-state index is 0.677. The van der Waals surface area contributed by atoms with Crippen LogP contribution in [0.25, 0.3) is 0 Å². The van der Waals surface area contributed by atoms with Crippen LogP contribution < -0.4 is 5.32 Å². The number of ether oxygens (including phenoxy) is 1. The van der Waals surface area contributed by atoms with Gasteiger partial charge in [0.2, 0.25) is 0 Å². The number of rotatable bonds is 5. The minimum Gasteiger partial charge on any atom is -0.381 e. The number of hydrogen-bond donors (Lipinski definition) is 1. The van der Waals surface area contributed by atoms with Gasteiger partial charge in [-0.2, -0.15) is 0 Å². The first kappa shape index (κ1) is 13.2. The predicted octanol–water partition coefficient (Wildman–Crippen LogP) is 3.16. The second-order valence-electron chi connectivity index (χ2n) is 4.42. The lowest BCUT2D eigenvalue weighted by atomic mass is 10.1. The van der Waals surface area contributed by atoms with E-state index in [9.17, 15) is 0 Å². The molecule has 17 heavy (non-hydrogen) atoms. The highest BCUT2D eigenvalue weighted by atomic mass is 35.5. The van der Waals surface area contributed by atoms with Crippen molar-refractivity contribution in [2.45, 2.75) is 12.8 Å². The van der Waals surface area contributed by atoms with Gasteiger partial charge in [0.15, 0.2) is 0 Å². The van der Waals surface area contributed by atoms with E-state index < -0.39 is 0 Å². The zero-order valence-electron chi connectivity index (χ0n) is 9.72. The van der Waals surface area contributed by atoms with E-state index in [2.05, 4.69) is 5.32 Å². The Labute approximate surface area is 112 Å². The molecule has 2 nitrogen and oxygen atoms in total. The molecule has 0 aromatic heterocycles. The predicted molar refractivity (Wildman–Crippen MR) is 72.0 cm³/mol. The smallest absolute Gasteiger partial charge is 0.0507 e. The van der Waals surface area contributed by atoms with Crippen LogP contribution in [0.1, 0.15) is 12.0 Å². The Kier molecular flexibility index (Phi) is 5.11. The van der Waals surface area contributed by atoms with E-state index >= 15 is 0 Å². The van der Waals surface area contributed by atoms with Crippen molar-refractivity contribution < 1.29 is 4.74 Å². The van der Waals surface area contributed by atoms with Gasteiger partial charge in [0.05, 0.1) is 6.61 Å². The van der Waals surface area contributed by atoms with Gasteiger partial charge in [-0.3, -0.25) is 0 Å². The molecule has 1 atom stereocenters. The Bertz CT molecular complexity index is 364. The molecule has 0 radical (unpaired) electrons. The van der Waals surface area contributed by atoms with Gasteiger partial charge in [0.25, 0.3) is 0 Å². The normalized spacial score (nSPS) is 19.8. The van der Waals surface area contributed by atoms with Crippen LogP contribution in [-0.4, -0.2) is 26.3 Å². The molecule has 1 fully saturated rings. The maximum atomic E-state index is 6.10. The molecule has 1 aliphatic rings. The standard InChI is InChI=1S/C13H17Cl2NO/c14-12-2-1-11(13(15)7-12)3-5-16-8-10-4-6-17-9-10/h1-2,7,10,16H,3-6,8-9H2.